The van der Waals surface area contributed by atoms with Crippen LogP contribution in [0.4, 0.5) is 0 Å². The molecule has 0 aliphatic heterocycles. The van der Waals surface area contributed by atoms with Gasteiger partial charge in [0.15, 0.2) is 23.9 Å². The molecule has 2 aromatic rings. The number of methoxy groups -OCH3 is 1. The van der Waals surface area contributed by atoms with Gasteiger partial charge in [-0.15, -0.1) is 0 Å². The fraction of sp³-hybridized carbons (Fsp3) is 0.278. The molecule has 1 aromatic heterocycles. The van der Waals surface area contributed by atoms with Gasteiger partial charge in [0.1, 0.15) is 5.76 Å². The second-order valence-corrected chi connectivity index (χ2v) is 5.82. The van der Waals surface area contributed by atoms with Crippen molar-refractivity contribution < 1.29 is 28.6 Å². The largest absolute Gasteiger partial charge is 0.502 e. The Balaban J connectivity index is 2.57. The van der Waals surface area contributed by atoms with Gasteiger partial charge in [0, 0.05) is 12.5 Å². The molecule has 0 spiro atoms. The average molecular weight is 376 g/mol. The minimum absolute atomic E-state index is 0.0928. The monoisotopic (exact) mass is 376 g/mol. The number of aromatic hydroxyl groups is 1. The number of carbonyl (C=O) groups is 2. The van der Waals surface area contributed by atoms with E-state index in [1.807, 2.05) is 0 Å². The third kappa shape index (κ3) is 4.78. The number of benzene rings is 1. The Kier molecular flexibility index (Phi) is 6.07. The smallest absolute Gasteiger partial charge is 0.255 e. The van der Waals surface area contributed by atoms with Crippen LogP contribution in [0, 0.1) is 6.92 Å². The summed E-state index contributed by atoms with van der Waals surface area (Å²) in [5, 5.41) is 10.1. The summed E-state index contributed by atoms with van der Waals surface area (Å²) in [6, 6.07) is 5.78. The summed E-state index contributed by atoms with van der Waals surface area (Å²) in [5.74, 6) is -2.12. The fourth-order valence-electron chi connectivity index (χ4n) is 2.60. The van der Waals surface area contributed by atoms with Crippen LogP contribution in [0.1, 0.15) is 29.4 Å². The van der Waals surface area contributed by atoms with E-state index in [2.05, 4.69) is 0 Å². The van der Waals surface area contributed by atoms with Gasteiger partial charge in [-0.25, -0.2) is 0 Å². The molecule has 0 saturated heterocycles. The molecule has 0 bridgehead atoms. The minimum Gasteiger partial charge on any atom is -0.502 e. The summed E-state index contributed by atoms with van der Waals surface area (Å²) in [7, 11) is 1.42. The highest BCUT2D eigenvalue weighted by Gasteiger charge is 2.26. The van der Waals surface area contributed by atoms with Crippen molar-refractivity contribution in [3.8, 4) is 17.2 Å². The third-order valence-corrected chi connectivity index (χ3v) is 3.75. The van der Waals surface area contributed by atoms with Crippen LogP contribution in [-0.2, 0) is 9.59 Å². The topological polar surface area (TPSA) is 155 Å². The van der Waals surface area contributed by atoms with Gasteiger partial charge in [-0.2, -0.15) is 0 Å². The van der Waals surface area contributed by atoms with Crippen molar-refractivity contribution in [2.45, 2.75) is 19.3 Å². The van der Waals surface area contributed by atoms with E-state index in [0.29, 0.717) is 11.3 Å². The minimum atomic E-state index is -0.850. The normalized spacial score (nSPS) is 11.6. The van der Waals surface area contributed by atoms with Crippen LogP contribution in [0.5, 0.6) is 17.2 Å². The number of amides is 2. The Labute approximate surface area is 154 Å². The summed E-state index contributed by atoms with van der Waals surface area (Å²) in [6.07, 6.45) is -0.235. The molecular weight excluding hydrogens is 356 g/mol. The molecule has 2 amide bonds. The van der Waals surface area contributed by atoms with Crippen molar-refractivity contribution in [1.82, 2.24) is 0 Å². The maximum absolute atomic E-state index is 11.9. The van der Waals surface area contributed by atoms with E-state index < -0.39 is 28.9 Å². The van der Waals surface area contributed by atoms with Gasteiger partial charge >= 0.3 is 0 Å². The maximum atomic E-state index is 11.9. The van der Waals surface area contributed by atoms with Crippen LogP contribution in [0.25, 0.3) is 0 Å². The number of primary amides is 2. The first-order chi connectivity index (χ1) is 12.7. The highest BCUT2D eigenvalue weighted by molar-refractivity contribution is 5.76. The zero-order valence-electron chi connectivity index (χ0n) is 14.9. The van der Waals surface area contributed by atoms with Gasteiger partial charge < -0.3 is 30.5 Å². The first-order valence-corrected chi connectivity index (χ1v) is 7.93. The Hall–Kier alpha value is -3.49. The Morgan fingerprint density at radius 3 is 2.48 bits per heavy atom. The van der Waals surface area contributed by atoms with Gasteiger partial charge in [-0.1, -0.05) is 6.07 Å². The zero-order chi connectivity index (χ0) is 20.1. The lowest BCUT2D eigenvalue weighted by Gasteiger charge is -2.18. The molecule has 1 heterocycles. The number of carbonyl (C=O) groups excluding carboxylic acids is 2. The molecule has 0 radical (unpaired) electrons. The Bertz CT molecular complexity index is 920. The summed E-state index contributed by atoms with van der Waals surface area (Å²) in [4.78, 5) is 34.5. The van der Waals surface area contributed by atoms with Crippen LogP contribution in [0.2, 0.25) is 0 Å². The van der Waals surface area contributed by atoms with Gasteiger partial charge in [0.05, 0.1) is 13.0 Å². The molecule has 0 fully saturated rings. The van der Waals surface area contributed by atoms with Crippen molar-refractivity contribution in [1.29, 1.82) is 0 Å². The lowest BCUT2D eigenvalue weighted by molar-refractivity contribution is -0.120. The van der Waals surface area contributed by atoms with E-state index in [1.165, 1.54) is 13.2 Å². The number of aryl methyl sites for hydroxylation is 1. The van der Waals surface area contributed by atoms with E-state index in [0.717, 1.165) is 6.07 Å². The third-order valence-electron chi connectivity index (χ3n) is 3.75. The van der Waals surface area contributed by atoms with Crippen LogP contribution in [0.3, 0.4) is 0 Å². The summed E-state index contributed by atoms with van der Waals surface area (Å²) < 4.78 is 16.0. The summed E-state index contributed by atoms with van der Waals surface area (Å²) in [6.45, 7) is 1.16. The predicted molar refractivity (Wildman–Crippen MR) is 94.7 cm³/mol. The van der Waals surface area contributed by atoms with Crippen LogP contribution >= 0.6 is 0 Å². The first-order valence-electron chi connectivity index (χ1n) is 7.93. The van der Waals surface area contributed by atoms with Gasteiger partial charge in [-0.3, -0.25) is 14.4 Å². The lowest BCUT2D eigenvalue weighted by atomic mass is 9.91. The molecule has 5 N–H and O–H groups in total. The number of ether oxygens (including phenoxy) is 2. The quantitative estimate of drug-likeness (QED) is 0.607. The fourth-order valence-corrected chi connectivity index (χ4v) is 2.60. The van der Waals surface area contributed by atoms with Crippen molar-refractivity contribution in [3.05, 3.63) is 51.6 Å². The summed E-state index contributed by atoms with van der Waals surface area (Å²) >= 11 is 0. The average Bonchev–Trinajstić information content (AvgIpc) is 2.60. The Morgan fingerprint density at radius 1 is 1.19 bits per heavy atom. The number of nitrogens with two attached hydrogens (primary N) is 2. The molecule has 0 aliphatic rings. The molecule has 9 heteroatoms. The molecule has 1 atom stereocenters. The number of rotatable bonds is 8. The molecule has 0 aliphatic carbocycles. The molecule has 9 nitrogen and oxygen atoms in total. The SMILES string of the molecule is COc1ccc([C@@H](CC(N)=O)c2oc(C)cc(=O)c2O)cc1OCC(N)=O. The van der Waals surface area contributed by atoms with Crippen LogP contribution in [-0.4, -0.2) is 30.6 Å². The summed E-state index contributed by atoms with van der Waals surface area (Å²) in [5.41, 5.74) is 10.2. The van der Waals surface area contributed by atoms with Crippen LogP contribution < -0.4 is 26.4 Å². The maximum Gasteiger partial charge on any atom is 0.255 e. The number of hydrogen-bond acceptors (Lipinski definition) is 7. The molecule has 1 aromatic carbocycles. The van der Waals surface area contributed by atoms with Crippen LogP contribution in [0.15, 0.2) is 33.5 Å². The van der Waals surface area contributed by atoms with Crippen molar-refractivity contribution >= 4 is 11.8 Å². The number of hydrogen-bond donors (Lipinski definition) is 3. The van der Waals surface area contributed by atoms with Crippen molar-refractivity contribution in [2.24, 2.45) is 11.5 Å². The molecule has 2 rings (SSSR count). The van der Waals surface area contributed by atoms with E-state index in [4.69, 9.17) is 25.4 Å². The standard InChI is InChI=1S/C18H20N2O7/c1-9-5-12(21)17(24)18(27-9)11(7-15(19)22)10-3-4-13(25-2)14(6-10)26-8-16(20)23/h3-6,11,24H,7-8H2,1-2H3,(H2,19,22)(H2,20,23)/t11-/m1/s1. The zero-order valence-corrected chi connectivity index (χ0v) is 14.9. The second kappa shape index (κ2) is 8.26. The lowest BCUT2D eigenvalue weighted by Crippen LogP contribution is -2.20. The highest BCUT2D eigenvalue weighted by Crippen LogP contribution is 2.37. The van der Waals surface area contributed by atoms with Crippen molar-refractivity contribution in [3.63, 3.8) is 0 Å². The second-order valence-electron chi connectivity index (χ2n) is 5.82. The van der Waals surface area contributed by atoms with Crippen molar-refractivity contribution in [2.75, 3.05) is 13.7 Å². The molecule has 144 valence electrons. The van der Waals surface area contributed by atoms with E-state index in [-0.39, 0.29) is 30.3 Å². The molecule has 0 unspecified atom stereocenters. The molecule has 0 saturated carbocycles. The van der Waals surface area contributed by atoms with E-state index in [1.54, 1.807) is 19.1 Å². The van der Waals surface area contributed by atoms with E-state index >= 15 is 0 Å². The van der Waals surface area contributed by atoms with Gasteiger partial charge in [0.2, 0.25) is 17.1 Å². The first kappa shape index (κ1) is 19.8. The predicted octanol–water partition coefficient (Wildman–Crippen LogP) is 0.534. The molecular formula is C18H20N2O7. The Morgan fingerprint density at radius 2 is 1.89 bits per heavy atom. The molecule has 27 heavy (non-hydrogen) atoms. The highest BCUT2D eigenvalue weighted by atomic mass is 16.5. The van der Waals surface area contributed by atoms with E-state index in [9.17, 15) is 19.5 Å². The van der Waals surface area contributed by atoms with Gasteiger partial charge in [-0.05, 0) is 24.6 Å². The van der Waals surface area contributed by atoms with Gasteiger partial charge in [0.25, 0.3) is 5.91 Å².